The molecule has 2 nitrogen and oxygen atoms in total. The average molecular weight is 308 g/mol. The molecular weight excluding hydrogens is 280 g/mol. The van der Waals surface area contributed by atoms with Crippen LogP contribution in [0.15, 0.2) is 54.6 Å². The molecule has 0 bridgehead atoms. The molecule has 0 aromatic heterocycles. The highest BCUT2D eigenvalue weighted by Gasteiger charge is 2.31. The Kier molecular flexibility index (Phi) is 4.61. The Labute approximate surface area is 140 Å². The fourth-order valence-electron chi connectivity index (χ4n) is 4.03. The SMILES string of the molecule is CC1CC(Nc2ccc(Nc3ccccc3)cc2)CC(C)(C)C1. The second-order valence-electron chi connectivity index (χ2n) is 7.82. The standard InChI is InChI=1S/C21H28N2/c1-16-13-20(15-21(2,3)14-16)23-19-11-9-18(10-12-19)22-17-7-5-4-6-8-17/h4-12,16,20,22-23H,13-15H2,1-3H3. The van der Waals surface area contributed by atoms with Gasteiger partial charge in [0.2, 0.25) is 0 Å². The number of para-hydroxylation sites is 1. The minimum Gasteiger partial charge on any atom is -0.382 e. The lowest BCUT2D eigenvalue weighted by atomic mass is 9.70. The highest BCUT2D eigenvalue weighted by molar-refractivity contribution is 5.62. The topological polar surface area (TPSA) is 24.1 Å². The van der Waals surface area contributed by atoms with Crippen molar-refractivity contribution in [1.29, 1.82) is 0 Å². The third-order valence-electron chi connectivity index (χ3n) is 4.71. The molecule has 3 rings (SSSR count). The number of rotatable bonds is 4. The molecule has 0 spiro atoms. The second-order valence-corrected chi connectivity index (χ2v) is 7.82. The zero-order valence-corrected chi connectivity index (χ0v) is 14.5. The van der Waals surface area contributed by atoms with Crippen LogP contribution in [0.1, 0.15) is 40.0 Å². The summed E-state index contributed by atoms with van der Waals surface area (Å²) in [7, 11) is 0. The Bertz CT molecular complexity index is 616. The number of hydrogen-bond donors (Lipinski definition) is 2. The molecule has 0 radical (unpaired) electrons. The minimum absolute atomic E-state index is 0.449. The fourth-order valence-corrected chi connectivity index (χ4v) is 4.03. The van der Waals surface area contributed by atoms with Crippen LogP contribution in [-0.2, 0) is 0 Å². The Morgan fingerprint density at radius 3 is 2.09 bits per heavy atom. The summed E-state index contributed by atoms with van der Waals surface area (Å²) in [5, 5.41) is 7.16. The minimum atomic E-state index is 0.449. The molecule has 2 heteroatoms. The summed E-state index contributed by atoms with van der Waals surface area (Å²) in [6.45, 7) is 7.16. The van der Waals surface area contributed by atoms with Gasteiger partial charge < -0.3 is 10.6 Å². The van der Waals surface area contributed by atoms with Gasteiger partial charge in [0.05, 0.1) is 0 Å². The smallest absolute Gasteiger partial charge is 0.0385 e. The first kappa shape index (κ1) is 15.9. The van der Waals surface area contributed by atoms with E-state index in [-0.39, 0.29) is 0 Å². The molecule has 1 saturated carbocycles. The highest BCUT2D eigenvalue weighted by atomic mass is 14.9. The zero-order valence-electron chi connectivity index (χ0n) is 14.5. The maximum atomic E-state index is 3.73. The van der Waals surface area contributed by atoms with Crippen molar-refractivity contribution in [2.75, 3.05) is 10.6 Å². The summed E-state index contributed by atoms with van der Waals surface area (Å²) in [5.74, 6) is 0.801. The van der Waals surface area contributed by atoms with Gasteiger partial charge in [0.1, 0.15) is 0 Å². The molecule has 2 aromatic carbocycles. The van der Waals surface area contributed by atoms with Crippen molar-refractivity contribution in [3.05, 3.63) is 54.6 Å². The van der Waals surface area contributed by atoms with Gasteiger partial charge in [0, 0.05) is 23.1 Å². The van der Waals surface area contributed by atoms with E-state index in [9.17, 15) is 0 Å². The van der Waals surface area contributed by atoms with E-state index < -0.39 is 0 Å². The van der Waals surface area contributed by atoms with Crippen molar-refractivity contribution in [1.82, 2.24) is 0 Å². The molecule has 122 valence electrons. The van der Waals surface area contributed by atoms with E-state index in [0.717, 1.165) is 17.3 Å². The van der Waals surface area contributed by atoms with Gasteiger partial charge >= 0.3 is 0 Å². The van der Waals surface area contributed by atoms with Crippen LogP contribution in [-0.4, -0.2) is 6.04 Å². The third kappa shape index (κ3) is 4.51. The fraction of sp³-hybridized carbons (Fsp3) is 0.429. The van der Waals surface area contributed by atoms with Crippen LogP contribution in [0.4, 0.5) is 17.1 Å². The summed E-state index contributed by atoms with van der Waals surface area (Å²) >= 11 is 0. The molecule has 2 N–H and O–H groups in total. The Morgan fingerprint density at radius 2 is 1.43 bits per heavy atom. The average Bonchev–Trinajstić information content (AvgIpc) is 2.48. The van der Waals surface area contributed by atoms with E-state index >= 15 is 0 Å². The predicted octanol–water partition coefficient (Wildman–Crippen LogP) is 6.06. The summed E-state index contributed by atoms with van der Waals surface area (Å²) < 4.78 is 0. The summed E-state index contributed by atoms with van der Waals surface area (Å²) in [6.07, 6.45) is 3.86. The van der Waals surface area contributed by atoms with Gasteiger partial charge in [-0.2, -0.15) is 0 Å². The molecule has 0 heterocycles. The molecule has 2 atom stereocenters. The summed E-state index contributed by atoms with van der Waals surface area (Å²) in [4.78, 5) is 0. The van der Waals surface area contributed by atoms with Crippen LogP contribution in [0.5, 0.6) is 0 Å². The Balaban J connectivity index is 1.61. The van der Waals surface area contributed by atoms with E-state index in [1.54, 1.807) is 0 Å². The van der Waals surface area contributed by atoms with Gasteiger partial charge in [0.25, 0.3) is 0 Å². The number of hydrogen-bond acceptors (Lipinski definition) is 2. The van der Waals surface area contributed by atoms with E-state index in [1.165, 1.54) is 24.9 Å². The first-order valence-electron chi connectivity index (χ1n) is 8.69. The van der Waals surface area contributed by atoms with Crippen molar-refractivity contribution in [3.8, 4) is 0 Å². The lowest BCUT2D eigenvalue weighted by Crippen LogP contribution is -2.35. The van der Waals surface area contributed by atoms with E-state index in [1.807, 2.05) is 18.2 Å². The second kappa shape index (κ2) is 6.66. The van der Waals surface area contributed by atoms with E-state index in [0.29, 0.717) is 11.5 Å². The largest absolute Gasteiger partial charge is 0.382 e. The maximum Gasteiger partial charge on any atom is 0.0385 e. The first-order valence-corrected chi connectivity index (χ1v) is 8.69. The van der Waals surface area contributed by atoms with Gasteiger partial charge in [-0.15, -0.1) is 0 Å². The van der Waals surface area contributed by atoms with Crippen molar-refractivity contribution < 1.29 is 0 Å². The third-order valence-corrected chi connectivity index (χ3v) is 4.71. The van der Waals surface area contributed by atoms with Gasteiger partial charge in [-0.25, -0.2) is 0 Å². The molecule has 2 unspecified atom stereocenters. The van der Waals surface area contributed by atoms with Crippen LogP contribution in [0, 0.1) is 11.3 Å². The molecule has 1 fully saturated rings. The van der Waals surface area contributed by atoms with Crippen LogP contribution < -0.4 is 10.6 Å². The lowest BCUT2D eigenvalue weighted by Gasteiger charge is -2.39. The number of benzene rings is 2. The van der Waals surface area contributed by atoms with Crippen LogP contribution in [0.3, 0.4) is 0 Å². The molecule has 0 saturated heterocycles. The molecule has 2 aromatic rings. The molecule has 0 amide bonds. The molecule has 1 aliphatic carbocycles. The quantitative estimate of drug-likeness (QED) is 0.717. The van der Waals surface area contributed by atoms with E-state index in [2.05, 4.69) is 67.8 Å². The van der Waals surface area contributed by atoms with Crippen molar-refractivity contribution in [2.24, 2.45) is 11.3 Å². The number of anilines is 3. The van der Waals surface area contributed by atoms with Crippen molar-refractivity contribution in [3.63, 3.8) is 0 Å². The molecule has 23 heavy (non-hydrogen) atoms. The zero-order chi connectivity index (χ0) is 16.3. The monoisotopic (exact) mass is 308 g/mol. The Hall–Kier alpha value is -1.96. The van der Waals surface area contributed by atoms with Crippen molar-refractivity contribution >= 4 is 17.1 Å². The predicted molar refractivity (Wildman–Crippen MR) is 100 cm³/mol. The van der Waals surface area contributed by atoms with Gasteiger partial charge in [-0.05, 0) is 67.0 Å². The van der Waals surface area contributed by atoms with E-state index in [4.69, 9.17) is 0 Å². The summed E-state index contributed by atoms with van der Waals surface area (Å²) in [6, 6.07) is 19.5. The lowest BCUT2D eigenvalue weighted by molar-refractivity contribution is 0.178. The number of nitrogens with one attached hydrogen (secondary N) is 2. The molecule has 1 aliphatic rings. The van der Waals surface area contributed by atoms with Crippen LogP contribution in [0.25, 0.3) is 0 Å². The maximum absolute atomic E-state index is 3.73. The van der Waals surface area contributed by atoms with Crippen molar-refractivity contribution in [2.45, 2.75) is 46.1 Å². The Morgan fingerprint density at radius 1 is 0.826 bits per heavy atom. The van der Waals surface area contributed by atoms with Crippen LogP contribution in [0.2, 0.25) is 0 Å². The normalized spacial score (nSPS) is 23.3. The summed E-state index contributed by atoms with van der Waals surface area (Å²) in [5.41, 5.74) is 3.91. The first-order chi connectivity index (χ1) is 11.0. The molecular formula is C21H28N2. The van der Waals surface area contributed by atoms with Gasteiger partial charge in [-0.1, -0.05) is 39.0 Å². The van der Waals surface area contributed by atoms with Gasteiger partial charge in [0.15, 0.2) is 0 Å². The molecule has 0 aliphatic heterocycles. The van der Waals surface area contributed by atoms with Crippen LogP contribution >= 0.6 is 0 Å². The van der Waals surface area contributed by atoms with Gasteiger partial charge in [-0.3, -0.25) is 0 Å². The highest BCUT2D eigenvalue weighted by Crippen LogP contribution is 2.39.